The number of ether oxygens (including phenoxy) is 1. The second-order valence-electron chi connectivity index (χ2n) is 4.74. The molecule has 0 saturated heterocycles. The van der Waals surface area contributed by atoms with Crippen molar-refractivity contribution >= 4 is 35.0 Å². The van der Waals surface area contributed by atoms with Crippen molar-refractivity contribution in [3.05, 3.63) is 63.6 Å². The van der Waals surface area contributed by atoms with Crippen molar-refractivity contribution in [3.63, 3.8) is 0 Å². The molecule has 0 bridgehead atoms. The van der Waals surface area contributed by atoms with E-state index in [0.717, 1.165) is 5.56 Å². The second kappa shape index (κ2) is 7.85. The fraction of sp³-hybridized carbons (Fsp3) is 0.125. The molecule has 0 radical (unpaired) electrons. The molecule has 2 amide bonds. The fourth-order valence-corrected chi connectivity index (χ4v) is 2.22. The van der Waals surface area contributed by atoms with Gasteiger partial charge >= 0.3 is 0 Å². The van der Waals surface area contributed by atoms with Gasteiger partial charge in [0.25, 0.3) is 11.8 Å². The zero-order valence-corrected chi connectivity index (χ0v) is 13.7. The van der Waals surface area contributed by atoms with Crippen molar-refractivity contribution < 1.29 is 14.3 Å². The highest BCUT2D eigenvalue weighted by Crippen LogP contribution is 2.27. The lowest BCUT2D eigenvalue weighted by Crippen LogP contribution is -2.43. The quantitative estimate of drug-likeness (QED) is 0.830. The molecule has 0 saturated carbocycles. The number of rotatable bonds is 4. The van der Waals surface area contributed by atoms with Gasteiger partial charge in [0.2, 0.25) is 0 Å². The predicted octanol–water partition coefficient (Wildman–Crippen LogP) is 3.14. The summed E-state index contributed by atoms with van der Waals surface area (Å²) in [4.78, 5) is 23.5. The van der Waals surface area contributed by atoms with Crippen molar-refractivity contribution in [2.45, 2.75) is 6.92 Å². The third-order valence-corrected chi connectivity index (χ3v) is 3.38. The summed E-state index contributed by atoms with van der Waals surface area (Å²) in [5.41, 5.74) is 5.98. The third-order valence-electron chi connectivity index (χ3n) is 2.85. The first-order valence-electron chi connectivity index (χ1n) is 6.69. The molecule has 0 aliphatic heterocycles. The van der Waals surface area contributed by atoms with E-state index in [-0.39, 0.29) is 6.61 Å². The lowest BCUT2D eigenvalue weighted by molar-refractivity contribution is -0.123. The maximum atomic E-state index is 11.9. The largest absolute Gasteiger partial charge is 0.482 e. The number of carbonyl (C=O) groups excluding carboxylic acids is 2. The Morgan fingerprint density at radius 3 is 2.57 bits per heavy atom. The number of nitrogens with one attached hydrogen (secondary N) is 2. The summed E-state index contributed by atoms with van der Waals surface area (Å²) in [5.74, 6) is -0.597. The van der Waals surface area contributed by atoms with Crippen LogP contribution in [0.3, 0.4) is 0 Å². The molecule has 2 aromatic rings. The number of aryl methyl sites for hydroxylation is 1. The van der Waals surface area contributed by atoms with E-state index in [2.05, 4.69) is 10.9 Å². The van der Waals surface area contributed by atoms with Crippen molar-refractivity contribution in [1.29, 1.82) is 0 Å². The minimum atomic E-state index is -0.517. The molecule has 120 valence electrons. The fourth-order valence-electron chi connectivity index (χ4n) is 1.76. The van der Waals surface area contributed by atoms with Crippen LogP contribution in [0.4, 0.5) is 0 Å². The molecule has 2 N–H and O–H groups in total. The first-order chi connectivity index (χ1) is 11.0. The molecule has 0 fully saturated rings. The molecule has 0 aromatic heterocycles. The second-order valence-corrected chi connectivity index (χ2v) is 5.58. The minimum Gasteiger partial charge on any atom is -0.482 e. The molecule has 0 atom stereocenters. The number of halogens is 2. The SMILES string of the molecule is Cc1cccc(C(=O)NNC(=O)COc2ccc(Cl)cc2Cl)c1. The van der Waals surface area contributed by atoms with E-state index < -0.39 is 11.8 Å². The van der Waals surface area contributed by atoms with Crippen LogP contribution in [-0.4, -0.2) is 18.4 Å². The zero-order chi connectivity index (χ0) is 16.8. The van der Waals surface area contributed by atoms with Crippen LogP contribution in [0.25, 0.3) is 0 Å². The van der Waals surface area contributed by atoms with Crippen LogP contribution in [0.1, 0.15) is 15.9 Å². The molecule has 2 aromatic carbocycles. The van der Waals surface area contributed by atoms with Crippen LogP contribution in [0.15, 0.2) is 42.5 Å². The molecule has 0 heterocycles. The van der Waals surface area contributed by atoms with Crippen LogP contribution in [0.2, 0.25) is 10.0 Å². The highest BCUT2D eigenvalue weighted by molar-refractivity contribution is 6.35. The van der Waals surface area contributed by atoms with Crippen LogP contribution >= 0.6 is 23.2 Å². The van der Waals surface area contributed by atoms with Gasteiger partial charge in [0.15, 0.2) is 6.61 Å². The van der Waals surface area contributed by atoms with E-state index in [9.17, 15) is 9.59 Å². The number of benzene rings is 2. The molecule has 2 rings (SSSR count). The summed E-state index contributed by atoms with van der Waals surface area (Å²) < 4.78 is 5.26. The molecular weight excluding hydrogens is 339 g/mol. The standard InChI is InChI=1S/C16H14Cl2N2O3/c1-10-3-2-4-11(7-10)16(22)20-19-15(21)9-23-14-6-5-12(17)8-13(14)18/h2-8H,9H2,1H3,(H,19,21)(H,20,22). The van der Waals surface area contributed by atoms with Gasteiger partial charge in [0, 0.05) is 10.6 Å². The van der Waals surface area contributed by atoms with Crippen LogP contribution in [0, 0.1) is 6.92 Å². The Hall–Kier alpha value is -2.24. The summed E-state index contributed by atoms with van der Waals surface area (Å²) in [6.07, 6.45) is 0. The lowest BCUT2D eigenvalue weighted by atomic mass is 10.1. The van der Waals surface area contributed by atoms with Gasteiger partial charge in [-0.2, -0.15) is 0 Å². The molecule has 0 unspecified atom stereocenters. The average molecular weight is 353 g/mol. The average Bonchev–Trinajstić information content (AvgIpc) is 2.51. The van der Waals surface area contributed by atoms with Gasteiger partial charge in [-0.15, -0.1) is 0 Å². The maximum Gasteiger partial charge on any atom is 0.276 e. The summed E-state index contributed by atoms with van der Waals surface area (Å²) in [6.45, 7) is 1.58. The number of amides is 2. The molecule has 0 aliphatic carbocycles. The third kappa shape index (κ3) is 5.16. The number of hydrogen-bond donors (Lipinski definition) is 2. The highest BCUT2D eigenvalue weighted by atomic mass is 35.5. The van der Waals surface area contributed by atoms with Gasteiger partial charge in [-0.25, -0.2) is 0 Å². The molecule has 7 heteroatoms. The van der Waals surface area contributed by atoms with Gasteiger partial charge in [0.05, 0.1) is 5.02 Å². The van der Waals surface area contributed by atoms with Crippen molar-refractivity contribution in [2.24, 2.45) is 0 Å². The minimum absolute atomic E-state index is 0.296. The Morgan fingerprint density at radius 2 is 1.87 bits per heavy atom. The van der Waals surface area contributed by atoms with Gasteiger partial charge in [0.1, 0.15) is 5.75 Å². The summed E-state index contributed by atoms with van der Waals surface area (Å²) in [5, 5.41) is 0.770. The molecular formula is C16H14Cl2N2O3. The lowest BCUT2D eigenvalue weighted by Gasteiger charge is -2.10. The first-order valence-corrected chi connectivity index (χ1v) is 7.45. The Balaban J connectivity index is 1.82. The van der Waals surface area contributed by atoms with Crippen molar-refractivity contribution in [1.82, 2.24) is 10.9 Å². The van der Waals surface area contributed by atoms with Gasteiger partial charge in [-0.05, 0) is 37.3 Å². The normalized spacial score (nSPS) is 10.0. The smallest absolute Gasteiger partial charge is 0.276 e. The molecule has 0 aliphatic rings. The molecule has 5 nitrogen and oxygen atoms in total. The number of carbonyl (C=O) groups is 2. The summed E-state index contributed by atoms with van der Waals surface area (Å²) in [7, 11) is 0. The summed E-state index contributed by atoms with van der Waals surface area (Å²) >= 11 is 11.7. The Bertz CT molecular complexity index is 735. The summed E-state index contributed by atoms with van der Waals surface area (Å²) in [6, 6.07) is 11.7. The van der Waals surface area contributed by atoms with Crippen LogP contribution in [0.5, 0.6) is 5.75 Å². The monoisotopic (exact) mass is 352 g/mol. The predicted molar refractivity (Wildman–Crippen MR) is 88.7 cm³/mol. The van der Waals surface area contributed by atoms with Gasteiger partial charge < -0.3 is 4.74 Å². The Labute approximate surface area is 143 Å². The van der Waals surface area contributed by atoms with E-state index >= 15 is 0 Å². The number of hydrazine groups is 1. The van der Waals surface area contributed by atoms with Crippen LogP contribution < -0.4 is 15.6 Å². The van der Waals surface area contributed by atoms with Gasteiger partial charge in [-0.1, -0.05) is 40.9 Å². The molecule has 23 heavy (non-hydrogen) atoms. The Kier molecular flexibility index (Phi) is 5.84. The van der Waals surface area contributed by atoms with E-state index in [1.165, 1.54) is 6.07 Å². The highest BCUT2D eigenvalue weighted by Gasteiger charge is 2.09. The van der Waals surface area contributed by atoms with Crippen molar-refractivity contribution in [2.75, 3.05) is 6.61 Å². The van der Waals surface area contributed by atoms with E-state index in [1.807, 2.05) is 13.0 Å². The maximum absolute atomic E-state index is 11.9. The first kappa shape index (κ1) is 17.1. The Morgan fingerprint density at radius 1 is 1.09 bits per heavy atom. The van der Waals surface area contributed by atoms with Gasteiger partial charge in [-0.3, -0.25) is 20.4 Å². The molecule has 0 spiro atoms. The van der Waals surface area contributed by atoms with E-state index in [4.69, 9.17) is 27.9 Å². The topological polar surface area (TPSA) is 67.4 Å². The van der Waals surface area contributed by atoms with Crippen molar-refractivity contribution in [3.8, 4) is 5.75 Å². The number of hydrogen-bond acceptors (Lipinski definition) is 3. The van der Waals surface area contributed by atoms with E-state index in [1.54, 1.807) is 30.3 Å². The zero-order valence-electron chi connectivity index (χ0n) is 12.2. The van der Waals surface area contributed by atoms with E-state index in [0.29, 0.717) is 21.4 Å². The van der Waals surface area contributed by atoms with Crippen LogP contribution in [-0.2, 0) is 4.79 Å².